The topological polar surface area (TPSA) is 88.4 Å². The Labute approximate surface area is 150 Å². The molecule has 0 bridgehead atoms. The zero-order chi connectivity index (χ0) is 18.9. The number of methoxy groups -OCH3 is 1. The molecular weight excluding hydrogens is 339 g/mol. The number of nitriles is 1. The van der Waals surface area contributed by atoms with Crippen molar-refractivity contribution >= 4 is 11.9 Å². The number of nitrogens with zero attached hydrogens (tertiary/aromatic N) is 1. The minimum absolute atomic E-state index is 0.0925. The summed E-state index contributed by atoms with van der Waals surface area (Å²) in [6.45, 7) is -0.273. The maximum atomic E-state index is 13.1. The zero-order valence-corrected chi connectivity index (χ0v) is 14.1. The number of esters is 1. The predicted octanol–water partition coefficient (Wildman–Crippen LogP) is 2.50. The van der Waals surface area contributed by atoms with Crippen LogP contribution in [0.2, 0.25) is 0 Å². The molecular formula is C19H17FN2O4. The lowest BCUT2D eigenvalue weighted by molar-refractivity contribution is -0.141. The van der Waals surface area contributed by atoms with Crippen LogP contribution in [-0.4, -0.2) is 25.6 Å². The van der Waals surface area contributed by atoms with Gasteiger partial charge in [0.2, 0.25) is 0 Å². The molecule has 0 saturated carbocycles. The van der Waals surface area contributed by atoms with Crippen molar-refractivity contribution in [2.75, 3.05) is 13.7 Å². The Balaban J connectivity index is 1.99. The fourth-order valence-corrected chi connectivity index (χ4v) is 2.21. The highest BCUT2D eigenvalue weighted by molar-refractivity contribution is 5.79. The van der Waals surface area contributed by atoms with Crippen molar-refractivity contribution < 1.29 is 23.5 Å². The largest absolute Gasteiger partial charge is 0.484 e. The highest BCUT2D eigenvalue weighted by atomic mass is 19.1. The summed E-state index contributed by atoms with van der Waals surface area (Å²) in [6, 6.07) is 13.1. The fourth-order valence-electron chi connectivity index (χ4n) is 2.21. The molecule has 1 atom stereocenters. The van der Waals surface area contributed by atoms with Crippen molar-refractivity contribution in [3.8, 4) is 11.8 Å². The van der Waals surface area contributed by atoms with Crippen LogP contribution in [0.15, 0.2) is 48.5 Å². The standard InChI is InChI=1S/C19H17FN2O4/c1-25-19(24)10-17(14-4-6-15(20)7-5-14)22-18(23)12-26-16-8-2-13(11-21)3-9-16/h2-9,17H,10,12H2,1H3,(H,22,23)/t17-/m1/s1. The van der Waals surface area contributed by atoms with Crippen molar-refractivity contribution in [1.29, 1.82) is 5.26 Å². The highest BCUT2D eigenvalue weighted by Gasteiger charge is 2.19. The maximum absolute atomic E-state index is 13.1. The molecule has 0 aliphatic carbocycles. The Kier molecular flexibility index (Phi) is 6.68. The van der Waals surface area contributed by atoms with Crippen LogP contribution in [0.25, 0.3) is 0 Å². The molecule has 0 aromatic heterocycles. The first-order valence-corrected chi connectivity index (χ1v) is 7.76. The van der Waals surface area contributed by atoms with E-state index in [1.807, 2.05) is 6.07 Å². The van der Waals surface area contributed by atoms with Crippen molar-refractivity contribution in [3.63, 3.8) is 0 Å². The van der Waals surface area contributed by atoms with Gasteiger partial charge in [-0.2, -0.15) is 5.26 Å². The molecule has 7 heteroatoms. The van der Waals surface area contributed by atoms with E-state index >= 15 is 0 Å². The zero-order valence-electron chi connectivity index (χ0n) is 14.1. The number of carbonyl (C=O) groups is 2. The van der Waals surface area contributed by atoms with Crippen LogP contribution in [-0.2, 0) is 14.3 Å². The first kappa shape index (κ1) is 18.9. The average molecular weight is 356 g/mol. The normalized spacial score (nSPS) is 11.1. The Morgan fingerprint density at radius 2 is 1.81 bits per heavy atom. The lowest BCUT2D eigenvalue weighted by Gasteiger charge is -2.18. The second-order valence-electron chi connectivity index (χ2n) is 5.38. The highest BCUT2D eigenvalue weighted by Crippen LogP contribution is 2.18. The van der Waals surface area contributed by atoms with Gasteiger partial charge in [0.1, 0.15) is 11.6 Å². The maximum Gasteiger partial charge on any atom is 0.307 e. The van der Waals surface area contributed by atoms with Crippen molar-refractivity contribution in [2.24, 2.45) is 0 Å². The number of rotatable bonds is 7. The van der Waals surface area contributed by atoms with Gasteiger partial charge in [-0.15, -0.1) is 0 Å². The molecule has 0 fully saturated rings. The average Bonchev–Trinajstić information content (AvgIpc) is 2.66. The molecule has 134 valence electrons. The molecule has 0 aliphatic heterocycles. The Morgan fingerprint density at radius 1 is 1.15 bits per heavy atom. The number of nitrogens with one attached hydrogen (secondary N) is 1. The molecule has 0 spiro atoms. The van der Waals surface area contributed by atoms with Gasteiger partial charge >= 0.3 is 5.97 Å². The van der Waals surface area contributed by atoms with E-state index in [4.69, 9.17) is 10.00 Å². The van der Waals surface area contributed by atoms with Gasteiger partial charge in [-0.05, 0) is 42.0 Å². The SMILES string of the molecule is COC(=O)C[C@@H](NC(=O)COc1ccc(C#N)cc1)c1ccc(F)cc1. The van der Waals surface area contributed by atoms with E-state index in [9.17, 15) is 14.0 Å². The molecule has 0 radical (unpaired) electrons. The quantitative estimate of drug-likeness (QED) is 0.770. The van der Waals surface area contributed by atoms with Gasteiger partial charge in [0.15, 0.2) is 6.61 Å². The van der Waals surface area contributed by atoms with E-state index in [1.165, 1.54) is 31.4 Å². The Hall–Kier alpha value is -3.40. The summed E-state index contributed by atoms with van der Waals surface area (Å²) in [5, 5.41) is 11.4. The minimum Gasteiger partial charge on any atom is -0.484 e. The molecule has 0 aliphatic rings. The van der Waals surface area contributed by atoms with Gasteiger partial charge in [-0.1, -0.05) is 12.1 Å². The van der Waals surface area contributed by atoms with Gasteiger partial charge in [-0.3, -0.25) is 9.59 Å². The smallest absolute Gasteiger partial charge is 0.307 e. The summed E-state index contributed by atoms with van der Waals surface area (Å²) >= 11 is 0. The molecule has 2 rings (SSSR count). The van der Waals surface area contributed by atoms with Crippen molar-refractivity contribution in [1.82, 2.24) is 5.32 Å². The molecule has 0 saturated heterocycles. The molecule has 0 unspecified atom stereocenters. The van der Waals surface area contributed by atoms with E-state index < -0.39 is 23.7 Å². The second kappa shape index (κ2) is 9.18. The van der Waals surface area contributed by atoms with E-state index in [0.29, 0.717) is 16.9 Å². The number of amides is 1. The molecule has 2 aromatic carbocycles. The number of ether oxygens (including phenoxy) is 2. The van der Waals surface area contributed by atoms with Gasteiger partial charge in [0.05, 0.1) is 31.2 Å². The van der Waals surface area contributed by atoms with E-state index in [0.717, 1.165) is 0 Å². The van der Waals surface area contributed by atoms with Gasteiger partial charge < -0.3 is 14.8 Å². The Morgan fingerprint density at radius 3 is 2.38 bits per heavy atom. The summed E-state index contributed by atoms with van der Waals surface area (Å²) < 4.78 is 23.1. The molecule has 0 heterocycles. The third-order valence-corrected chi connectivity index (χ3v) is 3.56. The van der Waals surface area contributed by atoms with Crippen LogP contribution >= 0.6 is 0 Å². The van der Waals surface area contributed by atoms with Crippen LogP contribution in [0, 0.1) is 17.1 Å². The molecule has 1 N–H and O–H groups in total. The molecule has 1 amide bonds. The fraction of sp³-hybridized carbons (Fsp3) is 0.211. The summed E-state index contributed by atoms with van der Waals surface area (Å²) in [6.07, 6.45) is -0.0925. The summed E-state index contributed by atoms with van der Waals surface area (Å²) in [4.78, 5) is 23.7. The first-order valence-electron chi connectivity index (χ1n) is 7.76. The monoisotopic (exact) mass is 356 g/mol. The number of halogens is 1. The van der Waals surface area contributed by atoms with E-state index in [-0.39, 0.29) is 13.0 Å². The van der Waals surface area contributed by atoms with Crippen molar-refractivity contribution in [3.05, 3.63) is 65.5 Å². The van der Waals surface area contributed by atoms with Crippen LogP contribution in [0.4, 0.5) is 4.39 Å². The van der Waals surface area contributed by atoms with Gasteiger partial charge in [0.25, 0.3) is 5.91 Å². The summed E-state index contributed by atoms with van der Waals surface area (Å²) in [5.41, 5.74) is 1.06. The number of benzene rings is 2. The number of hydrogen-bond donors (Lipinski definition) is 1. The predicted molar refractivity (Wildman–Crippen MR) is 90.6 cm³/mol. The van der Waals surface area contributed by atoms with E-state index in [1.54, 1.807) is 24.3 Å². The van der Waals surface area contributed by atoms with Crippen LogP contribution < -0.4 is 10.1 Å². The molecule has 6 nitrogen and oxygen atoms in total. The van der Waals surface area contributed by atoms with Gasteiger partial charge in [-0.25, -0.2) is 4.39 Å². The molecule has 26 heavy (non-hydrogen) atoms. The third-order valence-electron chi connectivity index (χ3n) is 3.56. The summed E-state index contributed by atoms with van der Waals surface area (Å²) in [7, 11) is 1.25. The summed E-state index contributed by atoms with van der Waals surface area (Å²) in [5.74, 6) is -0.938. The third kappa shape index (κ3) is 5.60. The Bertz CT molecular complexity index is 798. The lowest BCUT2D eigenvalue weighted by atomic mass is 10.0. The van der Waals surface area contributed by atoms with Crippen LogP contribution in [0.5, 0.6) is 5.75 Å². The second-order valence-corrected chi connectivity index (χ2v) is 5.38. The lowest BCUT2D eigenvalue weighted by Crippen LogP contribution is -2.34. The minimum atomic E-state index is -0.667. The molecule has 2 aromatic rings. The van der Waals surface area contributed by atoms with Crippen molar-refractivity contribution in [2.45, 2.75) is 12.5 Å². The van der Waals surface area contributed by atoms with Gasteiger partial charge in [0, 0.05) is 0 Å². The number of carbonyl (C=O) groups excluding carboxylic acids is 2. The van der Waals surface area contributed by atoms with Crippen LogP contribution in [0.1, 0.15) is 23.6 Å². The first-order chi connectivity index (χ1) is 12.5. The number of hydrogen-bond acceptors (Lipinski definition) is 5. The van der Waals surface area contributed by atoms with E-state index in [2.05, 4.69) is 10.1 Å². The van der Waals surface area contributed by atoms with Crippen LogP contribution in [0.3, 0.4) is 0 Å².